The largest absolute Gasteiger partial charge is 0.356 e. The third-order valence-electron chi connectivity index (χ3n) is 4.51. The summed E-state index contributed by atoms with van der Waals surface area (Å²) in [5, 5.41) is 8.16. The van der Waals surface area contributed by atoms with Crippen LogP contribution < -0.4 is 10.2 Å². The molecule has 0 saturated carbocycles. The lowest BCUT2D eigenvalue weighted by Crippen LogP contribution is -2.28. The van der Waals surface area contributed by atoms with Crippen molar-refractivity contribution in [2.45, 2.75) is 33.9 Å². The number of hydrogen-bond acceptors (Lipinski definition) is 5. The molecule has 0 spiro atoms. The highest BCUT2D eigenvalue weighted by Crippen LogP contribution is 2.22. The summed E-state index contributed by atoms with van der Waals surface area (Å²) in [5.74, 6) is 0.757. The molecule has 2 heterocycles. The van der Waals surface area contributed by atoms with Crippen molar-refractivity contribution >= 4 is 22.8 Å². The SMILES string of the molecule is CCN(CC)c1ncnc2c1cnn2CC(=O)NCc1ccccc1C. The minimum atomic E-state index is -0.0961. The van der Waals surface area contributed by atoms with E-state index in [1.165, 1.54) is 6.33 Å². The standard InChI is InChI=1S/C19H24N6O/c1-4-24(5-2)18-16-11-23-25(19(16)22-13-21-18)12-17(26)20-10-15-9-7-6-8-14(15)3/h6-9,11,13H,4-5,10,12H2,1-3H3,(H,20,26). The quantitative estimate of drug-likeness (QED) is 0.706. The molecule has 0 aliphatic rings. The molecule has 1 N–H and O–H groups in total. The Kier molecular flexibility index (Phi) is 5.46. The van der Waals surface area contributed by atoms with Gasteiger partial charge in [-0.25, -0.2) is 14.6 Å². The molecule has 0 radical (unpaired) electrons. The van der Waals surface area contributed by atoms with Crippen molar-refractivity contribution in [1.82, 2.24) is 25.1 Å². The normalized spacial score (nSPS) is 10.9. The van der Waals surface area contributed by atoms with Crippen molar-refractivity contribution in [2.75, 3.05) is 18.0 Å². The highest BCUT2D eigenvalue weighted by atomic mass is 16.2. The van der Waals surface area contributed by atoms with Crippen molar-refractivity contribution < 1.29 is 4.79 Å². The fourth-order valence-electron chi connectivity index (χ4n) is 2.97. The summed E-state index contributed by atoms with van der Waals surface area (Å²) < 4.78 is 1.62. The molecule has 1 amide bonds. The number of rotatable bonds is 7. The Morgan fingerprint density at radius 3 is 2.69 bits per heavy atom. The maximum Gasteiger partial charge on any atom is 0.242 e. The van der Waals surface area contributed by atoms with Gasteiger partial charge in [0.25, 0.3) is 0 Å². The molecule has 0 aliphatic heterocycles. The van der Waals surface area contributed by atoms with Crippen LogP contribution in [-0.2, 0) is 17.9 Å². The number of hydrogen-bond donors (Lipinski definition) is 1. The van der Waals surface area contributed by atoms with Crippen LogP contribution in [0.4, 0.5) is 5.82 Å². The van der Waals surface area contributed by atoms with Gasteiger partial charge in [-0.2, -0.15) is 5.10 Å². The van der Waals surface area contributed by atoms with Gasteiger partial charge in [-0.05, 0) is 31.9 Å². The van der Waals surface area contributed by atoms with Crippen molar-refractivity contribution in [2.24, 2.45) is 0 Å². The Balaban J connectivity index is 1.74. The first-order valence-corrected chi connectivity index (χ1v) is 8.86. The average Bonchev–Trinajstić information content (AvgIpc) is 3.06. The Labute approximate surface area is 153 Å². The summed E-state index contributed by atoms with van der Waals surface area (Å²) in [6.45, 7) is 8.54. The fraction of sp³-hybridized carbons (Fsp3) is 0.368. The summed E-state index contributed by atoms with van der Waals surface area (Å²) in [6.07, 6.45) is 3.26. The fourth-order valence-corrected chi connectivity index (χ4v) is 2.97. The first-order valence-electron chi connectivity index (χ1n) is 8.86. The summed E-state index contributed by atoms with van der Waals surface area (Å²) in [4.78, 5) is 23.2. The molecule has 0 saturated heterocycles. The van der Waals surface area contributed by atoms with E-state index in [9.17, 15) is 4.79 Å². The molecule has 2 aromatic heterocycles. The molecular weight excluding hydrogens is 328 g/mol. The van der Waals surface area contributed by atoms with Crippen LogP contribution in [0.1, 0.15) is 25.0 Å². The lowest BCUT2D eigenvalue weighted by molar-refractivity contribution is -0.121. The molecule has 7 heteroatoms. The van der Waals surface area contributed by atoms with Crippen molar-refractivity contribution in [3.8, 4) is 0 Å². The maximum atomic E-state index is 12.3. The lowest BCUT2D eigenvalue weighted by Gasteiger charge is -2.19. The van der Waals surface area contributed by atoms with Gasteiger partial charge in [-0.3, -0.25) is 4.79 Å². The van der Waals surface area contributed by atoms with Crippen LogP contribution in [0.15, 0.2) is 36.8 Å². The summed E-state index contributed by atoms with van der Waals surface area (Å²) in [6, 6.07) is 8.02. The topological polar surface area (TPSA) is 75.9 Å². The smallest absolute Gasteiger partial charge is 0.242 e. The minimum absolute atomic E-state index is 0.0961. The van der Waals surface area contributed by atoms with E-state index in [1.807, 2.05) is 31.2 Å². The van der Waals surface area contributed by atoms with Crippen molar-refractivity contribution in [3.63, 3.8) is 0 Å². The van der Waals surface area contributed by atoms with Crippen LogP contribution in [0.3, 0.4) is 0 Å². The highest BCUT2D eigenvalue weighted by molar-refractivity contribution is 5.87. The van der Waals surface area contributed by atoms with Crippen molar-refractivity contribution in [3.05, 3.63) is 47.9 Å². The first-order chi connectivity index (χ1) is 12.6. The molecule has 136 valence electrons. The number of aryl methyl sites for hydroxylation is 1. The molecule has 0 bridgehead atoms. The number of nitrogens with zero attached hydrogens (tertiary/aromatic N) is 5. The van der Waals surface area contributed by atoms with E-state index in [2.05, 4.69) is 39.1 Å². The predicted molar refractivity (Wildman–Crippen MR) is 102 cm³/mol. The Morgan fingerprint density at radius 1 is 1.19 bits per heavy atom. The number of aromatic nitrogens is 4. The zero-order valence-electron chi connectivity index (χ0n) is 15.4. The first kappa shape index (κ1) is 17.8. The van der Waals surface area contributed by atoms with E-state index in [-0.39, 0.29) is 12.5 Å². The summed E-state index contributed by atoms with van der Waals surface area (Å²) >= 11 is 0. The Hall–Kier alpha value is -2.96. The van der Waals surface area contributed by atoms with Gasteiger partial charge in [0, 0.05) is 19.6 Å². The van der Waals surface area contributed by atoms with E-state index < -0.39 is 0 Å². The van der Waals surface area contributed by atoms with Gasteiger partial charge in [0.1, 0.15) is 18.7 Å². The number of carbonyl (C=O) groups is 1. The van der Waals surface area contributed by atoms with Crippen LogP contribution >= 0.6 is 0 Å². The highest BCUT2D eigenvalue weighted by Gasteiger charge is 2.15. The number of fused-ring (bicyclic) bond motifs is 1. The molecule has 7 nitrogen and oxygen atoms in total. The predicted octanol–water partition coefficient (Wildman–Crippen LogP) is 2.30. The van der Waals surface area contributed by atoms with Crippen molar-refractivity contribution in [1.29, 1.82) is 0 Å². The zero-order chi connectivity index (χ0) is 18.5. The molecule has 0 unspecified atom stereocenters. The number of nitrogens with one attached hydrogen (secondary N) is 1. The Bertz CT molecular complexity index is 900. The lowest BCUT2D eigenvalue weighted by atomic mass is 10.1. The number of amides is 1. The van der Waals surface area contributed by atoms with E-state index in [0.717, 1.165) is 35.4 Å². The van der Waals surface area contributed by atoms with Gasteiger partial charge in [-0.15, -0.1) is 0 Å². The third kappa shape index (κ3) is 3.66. The van der Waals surface area contributed by atoms with Gasteiger partial charge >= 0.3 is 0 Å². The van der Waals surface area contributed by atoms with E-state index in [4.69, 9.17) is 0 Å². The Morgan fingerprint density at radius 2 is 1.96 bits per heavy atom. The van der Waals surface area contributed by atoms with E-state index in [1.54, 1.807) is 10.9 Å². The summed E-state index contributed by atoms with van der Waals surface area (Å²) in [5.41, 5.74) is 2.94. The van der Waals surface area contributed by atoms with Gasteiger partial charge in [0.05, 0.1) is 11.6 Å². The molecular formula is C19H24N6O. The molecule has 3 rings (SSSR count). The van der Waals surface area contributed by atoms with E-state index in [0.29, 0.717) is 12.2 Å². The second kappa shape index (κ2) is 7.95. The average molecular weight is 352 g/mol. The minimum Gasteiger partial charge on any atom is -0.356 e. The monoisotopic (exact) mass is 352 g/mol. The van der Waals surface area contributed by atoms with Gasteiger partial charge < -0.3 is 10.2 Å². The van der Waals surface area contributed by atoms with E-state index >= 15 is 0 Å². The van der Waals surface area contributed by atoms with Crippen LogP contribution in [0.2, 0.25) is 0 Å². The van der Waals surface area contributed by atoms with Crippen LogP contribution in [0.25, 0.3) is 11.0 Å². The third-order valence-corrected chi connectivity index (χ3v) is 4.51. The molecule has 1 aromatic carbocycles. The molecule has 0 aliphatic carbocycles. The number of carbonyl (C=O) groups excluding carboxylic acids is 1. The van der Waals surface area contributed by atoms with Gasteiger partial charge in [0.15, 0.2) is 5.65 Å². The van der Waals surface area contributed by atoms with Gasteiger partial charge in [-0.1, -0.05) is 24.3 Å². The summed E-state index contributed by atoms with van der Waals surface area (Å²) in [7, 11) is 0. The van der Waals surface area contributed by atoms with Crippen LogP contribution in [-0.4, -0.2) is 38.7 Å². The number of benzene rings is 1. The van der Waals surface area contributed by atoms with Gasteiger partial charge in [0.2, 0.25) is 5.91 Å². The zero-order valence-corrected chi connectivity index (χ0v) is 15.4. The molecule has 3 aromatic rings. The molecule has 0 fully saturated rings. The van der Waals surface area contributed by atoms with Crippen LogP contribution in [0.5, 0.6) is 0 Å². The second-order valence-electron chi connectivity index (χ2n) is 6.11. The molecule has 26 heavy (non-hydrogen) atoms. The maximum absolute atomic E-state index is 12.3. The second-order valence-corrected chi connectivity index (χ2v) is 6.11. The molecule has 0 atom stereocenters. The van der Waals surface area contributed by atoms with Crippen LogP contribution in [0, 0.1) is 6.92 Å². The number of anilines is 1.